The highest BCUT2D eigenvalue weighted by atomic mass is 16.5. The van der Waals surface area contributed by atoms with Crippen molar-refractivity contribution in [3.63, 3.8) is 0 Å². The molecular weight excluding hydrogens is 380 g/mol. The summed E-state index contributed by atoms with van der Waals surface area (Å²) < 4.78 is 10.6. The zero-order chi connectivity index (χ0) is 21.7. The average Bonchev–Trinajstić information content (AvgIpc) is 3.23. The van der Waals surface area contributed by atoms with E-state index in [2.05, 4.69) is 53.6 Å². The summed E-state index contributed by atoms with van der Waals surface area (Å²) in [5.74, 6) is 0.891. The van der Waals surface area contributed by atoms with Gasteiger partial charge in [-0.25, -0.2) is 5.43 Å². The Balaban J connectivity index is 1.68. The third kappa shape index (κ3) is 4.86. The number of ether oxygens (including phenoxy) is 2. The summed E-state index contributed by atoms with van der Waals surface area (Å²) in [6, 6.07) is 15.1. The van der Waals surface area contributed by atoms with Crippen molar-refractivity contribution in [2.24, 2.45) is 5.10 Å². The highest BCUT2D eigenvalue weighted by Gasteiger charge is 2.15. The number of hydrogen-bond acceptors (Lipinski definition) is 5. The van der Waals surface area contributed by atoms with Gasteiger partial charge in [0.2, 0.25) is 0 Å². The fourth-order valence-electron chi connectivity index (χ4n) is 2.88. The first-order valence-corrected chi connectivity index (χ1v) is 9.53. The molecule has 3 aromatic rings. The van der Waals surface area contributed by atoms with Gasteiger partial charge in [0, 0.05) is 11.6 Å². The minimum atomic E-state index is -0.385. The normalized spacial score (nSPS) is 11.5. The van der Waals surface area contributed by atoms with Gasteiger partial charge in [-0.15, -0.1) is 0 Å². The van der Waals surface area contributed by atoms with Gasteiger partial charge in [-0.05, 0) is 34.7 Å². The number of amides is 1. The van der Waals surface area contributed by atoms with E-state index in [-0.39, 0.29) is 11.3 Å². The van der Waals surface area contributed by atoms with E-state index in [4.69, 9.17) is 9.47 Å². The number of H-pyrrole nitrogens is 1. The second-order valence-electron chi connectivity index (χ2n) is 7.80. The van der Waals surface area contributed by atoms with Gasteiger partial charge in [0.15, 0.2) is 0 Å². The molecule has 0 unspecified atom stereocenters. The van der Waals surface area contributed by atoms with E-state index in [0.717, 1.165) is 11.1 Å². The Kier molecular flexibility index (Phi) is 6.20. The Morgan fingerprint density at radius 3 is 2.43 bits per heavy atom. The van der Waals surface area contributed by atoms with E-state index in [1.54, 1.807) is 32.6 Å². The lowest BCUT2D eigenvalue weighted by atomic mass is 9.87. The van der Waals surface area contributed by atoms with Crippen LogP contribution in [0, 0.1) is 0 Å². The van der Waals surface area contributed by atoms with Gasteiger partial charge < -0.3 is 9.47 Å². The highest BCUT2D eigenvalue weighted by Crippen LogP contribution is 2.32. The van der Waals surface area contributed by atoms with Crippen LogP contribution in [-0.4, -0.2) is 36.5 Å². The topological polar surface area (TPSA) is 88.6 Å². The maximum atomic E-state index is 12.4. The Hall–Kier alpha value is -3.61. The second kappa shape index (κ2) is 8.82. The maximum absolute atomic E-state index is 12.4. The van der Waals surface area contributed by atoms with Crippen molar-refractivity contribution in [3.05, 3.63) is 65.4 Å². The van der Waals surface area contributed by atoms with Crippen molar-refractivity contribution >= 4 is 12.1 Å². The molecule has 0 saturated heterocycles. The second-order valence-corrected chi connectivity index (χ2v) is 7.80. The molecule has 0 atom stereocenters. The highest BCUT2D eigenvalue weighted by molar-refractivity contribution is 5.94. The van der Waals surface area contributed by atoms with Gasteiger partial charge in [0.05, 0.1) is 26.1 Å². The molecular formula is C23H26N4O3. The molecule has 0 saturated carbocycles. The van der Waals surface area contributed by atoms with Crippen molar-refractivity contribution in [1.82, 2.24) is 15.6 Å². The zero-order valence-corrected chi connectivity index (χ0v) is 17.8. The summed E-state index contributed by atoms with van der Waals surface area (Å²) in [4.78, 5) is 12.4. The molecule has 1 aromatic heterocycles. The third-order valence-electron chi connectivity index (χ3n) is 4.66. The van der Waals surface area contributed by atoms with Gasteiger partial charge >= 0.3 is 0 Å². The Morgan fingerprint density at radius 2 is 1.80 bits per heavy atom. The number of hydrazone groups is 1. The number of carbonyl (C=O) groups excluding carboxylic acids is 1. The first kappa shape index (κ1) is 21.1. The molecule has 7 nitrogen and oxygen atoms in total. The van der Waals surface area contributed by atoms with Crippen molar-refractivity contribution in [3.8, 4) is 22.8 Å². The lowest BCUT2D eigenvalue weighted by Crippen LogP contribution is -2.18. The number of benzene rings is 2. The van der Waals surface area contributed by atoms with Crippen LogP contribution in [0.15, 0.2) is 53.6 Å². The van der Waals surface area contributed by atoms with Crippen LogP contribution in [0.1, 0.15) is 42.4 Å². The summed E-state index contributed by atoms with van der Waals surface area (Å²) in [5, 5.41) is 11.0. The minimum absolute atomic E-state index is 0.0920. The first-order chi connectivity index (χ1) is 14.3. The van der Waals surface area contributed by atoms with Gasteiger partial charge in [0.25, 0.3) is 5.91 Å². The predicted molar refractivity (Wildman–Crippen MR) is 117 cm³/mol. The van der Waals surface area contributed by atoms with E-state index < -0.39 is 0 Å². The fraction of sp³-hybridized carbons (Fsp3) is 0.261. The number of methoxy groups -OCH3 is 2. The first-order valence-electron chi connectivity index (χ1n) is 9.53. The minimum Gasteiger partial charge on any atom is -0.497 e. The quantitative estimate of drug-likeness (QED) is 0.475. The zero-order valence-electron chi connectivity index (χ0n) is 17.8. The molecule has 0 bridgehead atoms. The number of aromatic nitrogens is 2. The van der Waals surface area contributed by atoms with E-state index in [0.29, 0.717) is 22.9 Å². The summed E-state index contributed by atoms with van der Waals surface area (Å²) in [6.07, 6.45) is 1.61. The Labute approximate surface area is 176 Å². The molecule has 2 N–H and O–H groups in total. The number of carbonyl (C=O) groups is 1. The Bertz CT molecular complexity index is 1050. The van der Waals surface area contributed by atoms with Gasteiger partial charge in [-0.2, -0.15) is 10.2 Å². The van der Waals surface area contributed by atoms with Crippen LogP contribution in [0.3, 0.4) is 0 Å². The van der Waals surface area contributed by atoms with Gasteiger partial charge in [0.1, 0.15) is 17.2 Å². The molecule has 1 amide bonds. The van der Waals surface area contributed by atoms with Crippen LogP contribution < -0.4 is 14.9 Å². The molecule has 0 aliphatic rings. The van der Waals surface area contributed by atoms with E-state index in [9.17, 15) is 4.79 Å². The summed E-state index contributed by atoms with van der Waals surface area (Å²) in [5.41, 5.74) is 6.37. The van der Waals surface area contributed by atoms with E-state index >= 15 is 0 Å². The van der Waals surface area contributed by atoms with Crippen LogP contribution in [0.5, 0.6) is 11.5 Å². The molecule has 1 heterocycles. The molecule has 3 rings (SSSR count). The van der Waals surface area contributed by atoms with Crippen molar-refractivity contribution in [2.45, 2.75) is 26.2 Å². The largest absolute Gasteiger partial charge is 0.497 e. The van der Waals surface area contributed by atoms with E-state index in [1.807, 2.05) is 24.3 Å². The lowest BCUT2D eigenvalue weighted by Gasteiger charge is -2.18. The Morgan fingerprint density at radius 1 is 1.07 bits per heavy atom. The lowest BCUT2D eigenvalue weighted by molar-refractivity contribution is 0.0950. The SMILES string of the molecule is COc1ccc(-c2cc(C(=O)N/N=C/c3ccc(C(C)(C)C)cc3)[nH]n2)c(OC)c1. The van der Waals surface area contributed by atoms with Crippen LogP contribution in [0.4, 0.5) is 0 Å². The van der Waals surface area contributed by atoms with Crippen LogP contribution >= 0.6 is 0 Å². The van der Waals surface area contributed by atoms with Crippen LogP contribution in [0.25, 0.3) is 11.3 Å². The van der Waals surface area contributed by atoms with Crippen molar-refractivity contribution in [1.29, 1.82) is 0 Å². The fourth-order valence-corrected chi connectivity index (χ4v) is 2.88. The summed E-state index contributed by atoms with van der Waals surface area (Å²) in [7, 11) is 3.16. The maximum Gasteiger partial charge on any atom is 0.289 e. The van der Waals surface area contributed by atoms with Crippen molar-refractivity contribution < 1.29 is 14.3 Å². The summed E-state index contributed by atoms with van der Waals surface area (Å²) >= 11 is 0. The molecule has 0 radical (unpaired) electrons. The molecule has 2 aromatic carbocycles. The molecule has 0 spiro atoms. The molecule has 156 valence electrons. The standard InChI is InChI=1S/C23H26N4O3/c1-23(2,3)16-8-6-15(7-9-16)14-24-27-22(28)20-13-19(25-26-20)18-11-10-17(29-4)12-21(18)30-5/h6-14H,1-5H3,(H,25,26)(H,27,28)/b24-14+. The number of hydrogen-bond donors (Lipinski definition) is 2. The van der Waals surface area contributed by atoms with Crippen molar-refractivity contribution in [2.75, 3.05) is 14.2 Å². The number of nitrogens with zero attached hydrogens (tertiary/aromatic N) is 2. The van der Waals surface area contributed by atoms with Crippen LogP contribution in [0.2, 0.25) is 0 Å². The third-order valence-corrected chi connectivity index (χ3v) is 4.66. The monoisotopic (exact) mass is 406 g/mol. The smallest absolute Gasteiger partial charge is 0.289 e. The number of nitrogens with one attached hydrogen (secondary N) is 2. The molecule has 30 heavy (non-hydrogen) atoms. The van der Waals surface area contributed by atoms with Gasteiger partial charge in [-0.3, -0.25) is 9.89 Å². The summed E-state index contributed by atoms with van der Waals surface area (Å²) in [6.45, 7) is 6.49. The number of rotatable bonds is 6. The molecule has 0 aliphatic heterocycles. The average molecular weight is 406 g/mol. The van der Waals surface area contributed by atoms with Gasteiger partial charge in [-0.1, -0.05) is 45.0 Å². The molecule has 0 fully saturated rings. The molecule has 0 aliphatic carbocycles. The molecule has 7 heteroatoms. The predicted octanol–water partition coefficient (Wildman–Crippen LogP) is 4.16. The van der Waals surface area contributed by atoms with E-state index in [1.165, 1.54) is 5.56 Å². The van der Waals surface area contributed by atoms with Crippen LogP contribution in [-0.2, 0) is 5.41 Å². The number of aromatic amines is 1.